The first kappa shape index (κ1) is 24.6. The molecule has 3 atom stereocenters. The highest BCUT2D eigenvalue weighted by Crippen LogP contribution is 2.38. The van der Waals surface area contributed by atoms with Crippen LogP contribution in [-0.4, -0.2) is 63.3 Å². The molecule has 0 aliphatic heterocycles. The first-order valence-electron chi connectivity index (χ1n) is 10.8. The van der Waals surface area contributed by atoms with Crippen molar-refractivity contribution in [1.82, 2.24) is 19.9 Å². The summed E-state index contributed by atoms with van der Waals surface area (Å²) in [6.45, 7) is 1.74. The number of hydrogen-bond acceptors (Lipinski definition) is 7. The number of carbonyl (C=O) groups is 1. The minimum absolute atomic E-state index is 0.0370. The second-order valence-corrected chi connectivity index (χ2v) is 8.79. The van der Waals surface area contributed by atoms with Crippen LogP contribution < -0.4 is 19.5 Å². The van der Waals surface area contributed by atoms with Crippen LogP contribution in [0, 0.1) is 0 Å². The molecule has 0 spiro atoms. The topological polar surface area (TPSA) is 107 Å². The third kappa shape index (κ3) is 5.26. The Morgan fingerprint density at radius 1 is 1.26 bits per heavy atom. The summed E-state index contributed by atoms with van der Waals surface area (Å²) in [4.78, 5) is 17.0. The molecule has 1 amide bonds. The Kier molecular flexibility index (Phi) is 6.50. The average Bonchev–Trinajstić information content (AvgIpc) is 3.29. The zero-order valence-electron chi connectivity index (χ0n) is 19.5. The van der Waals surface area contributed by atoms with E-state index >= 15 is 0 Å². The van der Waals surface area contributed by atoms with Crippen LogP contribution in [0.5, 0.6) is 17.2 Å². The van der Waals surface area contributed by atoms with E-state index in [4.69, 9.17) is 9.47 Å². The van der Waals surface area contributed by atoms with Crippen molar-refractivity contribution in [3.05, 3.63) is 36.3 Å². The first-order chi connectivity index (χ1) is 16.5. The maximum absolute atomic E-state index is 13.3. The fraction of sp³-hybridized carbons (Fsp3) is 0.435. The van der Waals surface area contributed by atoms with Crippen LogP contribution in [-0.2, 0) is 0 Å². The highest BCUT2D eigenvalue weighted by atomic mass is 19.3. The molecule has 0 saturated heterocycles. The fourth-order valence-electron chi connectivity index (χ4n) is 3.34. The van der Waals surface area contributed by atoms with Gasteiger partial charge in [0.2, 0.25) is 0 Å². The second-order valence-electron chi connectivity index (χ2n) is 8.79. The summed E-state index contributed by atoms with van der Waals surface area (Å²) >= 11 is 0. The van der Waals surface area contributed by atoms with Gasteiger partial charge in [0.05, 0.1) is 37.3 Å². The number of hydrogen-bond donors (Lipinski definition) is 2. The number of aromatic nitrogens is 3. The molecule has 2 heterocycles. The third-order valence-electron chi connectivity index (χ3n) is 5.71. The van der Waals surface area contributed by atoms with Gasteiger partial charge in [-0.2, -0.15) is 13.9 Å². The van der Waals surface area contributed by atoms with Crippen molar-refractivity contribution in [2.75, 3.05) is 7.11 Å². The minimum atomic E-state index is -3.21. The number of methoxy groups -OCH3 is 1. The Morgan fingerprint density at radius 3 is 2.54 bits per heavy atom. The summed E-state index contributed by atoms with van der Waals surface area (Å²) in [6, 6.07) is 2.04. The highest BCUT2D eigenvalue weighted by molar-refractivity contribution is 6.01. The van der Waals surface area contributed by atoms with E-state index in [1.165, 1.54) is 36.2 Å². The number of amides is 1. The number of fused-ring (bicyclic) bond motifs is 1. The normalized spacial score (nSPS) is 18.4. The minimum Gasteiger partial charge on any atom is -0.496 e. The van der Waals surface area contributed by atoms with Crippen molar-refractivity contribution in [2.45, 2.75) is 57.7 Å². The molecule has 1 aliphatic carbocycles. The number of rotatable bonds is 9. The highest BCUT2D eigenvalue weighted by Gasteiger charge is 2.40. The second kappa shape index (κ2) is 9.25. The summed E-state index contributed by atoms with van der Waals surface area (Å²) in [7, 11) is 1.28. The Morgan fingerprint density at radius 2 is 1.94 bits per heavy atom. The van der Waals surface area contributed by atoms with E-state index in [-0.39, 0.29) is 17.7 Å². The van der Waals surface area contributed by atoms with Gasteiger partial charge in [0.1, 0.15) is 29.3 Å². The SMILES string of the molecule is COc1cc(-c2cnn3cc(O[C@@H](C)C(C)(C)O)cnc23)cc(OC(F)F)c1C(=O)NC1C[C@@H]1F. The molecule has 0 radical (unpaired) electrons. The van der Waals surface area contributed by atoms with Crippen LogP contribution in [0.3, 0.4) is 0 Å². The average molecular weight is 494 g/mol. The van der Waals surface area contributed by atoms with Gasteiger partial charge in [0, 0.05) is 12.0 Å². The van der Waals surface area contributed by atoms with E-state index < -0.39 is 42.2 Å². The lowest BCUT2D eigenvalue weighted by atomic mass is 10.0. The Labute approximate surface area is 198 Å². The zero-order valence-corrected chi connectivity index (χ0v) is 19.5. The smallest absolute Gasteiger partial charge is 0.387 e. The van der Waals surface area contributed by atoms with Gasteiger partial charge in [-0.1, -0.05) is 0 Å². The van der Waals surface area contributed by atoms with Crippen molar-refractivity contribution >= 4 is 11.6 Å². The molecule has 188 valence electrons. The van der Waals surface area contributed by atoms with Crippen molar-refractivity contribution < 1.29 is 37.3 Å². The predicted molar refractivity (Wildman–Crippen MR) is 119 cm³/mol. The van der Waals surface area contributed by atoms with Crippen molar-refractivity contribution in [3.8, 4) is 28.4 Å². The molecule has 9 nitrogen and oxygen atoms in total. The van der Waals surface area contributed by atoms with Gasteiger partial charge in [-0.3, -0.25) is 4.79 Å². The van der Waals surface area contributed by atoms with Gasteiger partial charge in [-0.25, -0.2) is 13.9 Å². The van der Waals surface area contributed by atoms with Crippen LogP contribution in [0.4, 0.5) is 13.2 Å². The maximum Gasteiger partial charge on any atom is 0.387 e. The molecule has 12 heteroatoms. The van der Waals surface area contributed by atoms with Crippen LogP contribution >= 0.6 is 0 Å². The molecule has 4 rings (SSSR count). The van der Waals surface area contributed by atoms with E-state index in [0.717, 1.165) is 0 Å². The molecule has 1 unspecified atom stereocenters. The molecule has 1 aliphatic rings. The van der Waals surface area contributed by atoms with Gasteiger partial charge < -0.3 is 24.6 Å². The lowest BCUT2D eigenvalue weighted by Gasteiger charge is -2.26. The summed E-state index contributed by atoms with van der Waals surface area (Å²) < 4.78 is 56.7. The summed E-state index contributed by atoms with van der Waals surface area (Å²) in [5.41, 5.74) is -0.182. The number of nitrogens with one attached hydrogen (secondary N) is 1. The summed E-state index contributed by atoms with van der Waals surface area (Å²) in [6.07, 6.45) is 2.93. The van der Waals surface area contributed by atoms with E-state index in [0.29, 0.717) is 22.5 Å². The molecule has 1 fully saturated rings. The van der Waals surface area contributed by atoms with E-state index in [2.05, 4.69) is 20.1 Å². The number of ether oxygens (including phenoxy) is 3. The number of aliphatic hydroxyl groups is 1. The summed E-state index contributed by atoms with van der Waals surface area (Å²) in [5.74, 6) is -0.888. The van der Waals surface area contributed by atoms with Gasteiger partial charge in [0.15, 0.2) is 11.4 Å². The Balaban J connectivity index is 1.72. The molecule has 3 aromatic rings. The Hall–Kier alpha value is -3.54. The first-order valence-corrected chi connectivity index (χ1v) is 10.8. The molecular weight excluding hydrogens is 469 g/mol. The van der Waals surface area contributed by atoms with Gasteiger partial charge >= 0.3 is 6.61 Å². The van der Waals surface area contributed by atoms with Gasteiger partial charge in [0.25, 0.3) is 5.91 Å². The molecule has 0 bridgehead atoms. The Bertz CT molecular complexity index is 1240. The van der Waals surface area contributed by atoms with E-state index in [1.54, 1.807) is 27.0 Å². The lowest BCUT2D eigenvalue weighted by Crippen LogP contribution is -2.37. The van der Waals surface area contributed by atoms with Crippen LogP contribution in [0.2, 0.25) is 0 Å². The van der Waals surface area contributed by atoms with Gasteiger partial charge in [-0.15, -0.1) is 0 Å². The molecule has 2 N–H and O–H groups in total. The molecule has 2 aromatic heterocycles. The zero-order chi connectivity index (χ0) is 25.5. The monoisotopic (exact) mass is 494 g/mol. The number of nitrogens with zero attached hydrogens (tertiary/aromatic N) is 3. The van der Waals surface area contributed by atoms with Crippen LogP contribution in [0.15, 0.2) is 30.7 Å². The molecular formula is C23H25F3N4O5. The molecule has 1 saturated carbocycles. The largest absolute Gasteiger partial charge is 0.496 e. The number of alkyl halides is 3. The van der Waals surface area contributed by atoms with Crippen LogP contribution in [0.25, 0.3) is 16.8 Å². The quantitative estimate of drug-likeness (QED) is 0.470. The molecule has 1 aromatic carbocycles. The van der Waals surface area contributed by atoms with E-state index in [9.17, 15) is 23.1 Å². The van der Waals surface area contributed by atoms with Crippen molar-refractivity contribution in [2.24, 2.45) is 0 Å². The number of carbonyl (C=O) groups excluding carboxylic acids is 1. The standard InChI is InChI=1S/C23H25F3N4O5/c1-11(23(2,3)32)34-13-8-27-20-14(9-28-30(20)10-13)12-5-17(33-4)19(18(6-12)35-22(25)26)21(31)29-16-7-15(16)24/h5-6,8-11,15-16,22,32H,7H2,1-4H3,(H,29,31)/t11-,15-,16?/m0/s1. The maximum atomic E-state index is 13.3. The number of benzene rings is 1. The third-order valence-corrected chi connectivity index (χ3v) is 5.71. The van der Waals surface area contributed by atoms with E-state index in [1.807, 2.05) is 0 Å². The fourth-order valence-corrected chi connectivity index (χ4v) is 3.34. The van der Waals surface area contributed by atoms with Crippen LogP contribution in [0.1, 0.15) is 37.6 Å². The van der Waals surface area contributed by atoms with Crippen molar-refractivity contribution in [3.63, 3.8) is 0 Å². The van der Waals surface area contributed by atoms with Gasteiger partial charge in [-0.05, 0) is 38.5 Å². The number of halogens is 3. The summed E-state index contributed by atoms with van der Waals surface area (Å²) in [5, 5.41) is 16.8. The lowest BCUT2D eigenvalue weighted by molar-refractivity contribution is -0.0502. The van der Waals surface area contributed by atoms with Crippen molar-refractivity contribution in [1.29, 1.82) is 0 Å². The predicted octanol–water partition coefficient (Wildman–Crippen LogP) is 3.38. The molecule has 35 heavy (non-hydrogen) atoms.